The molecule has 2 rings (SSSR count). The molecule has 18 heavy (non-hydrogen) atoms. The molecule has 1 aromatic heterocycles. The van der Waals surface area contributed by atoms with Crippen molar-refractivity contribution in [2.45, 2.75) is 34.3 Å². The highest BCUT2D eigenvalue weighted by atomic mass is 16.5. The molecular formula is C15H20N2O. The van der Waals surface area contributed by atoms with Crippen LogP contribution in [0.3, 0.4) is 0 Å². The normalized spacial score (nSPS) is 10.9. The Morgan fingerprint density at radius 3 is 2.44 bits per heavy atom. The highest BCUT2D eigenvalue weighted by molar-refractivity contribution is 5.69. The van der Waals surface area contributed by atoms with Crippen LogP contribution < -0.4 is 0 Å². The van der Waals surface area contributed by atoms with Crippen molar-refractivity contribution in [1.29, 1.82) is 0 Å². The first-order valence-electron chi connectivity index (χ1n) is 6.33. The first-order valence-corrected chi connectivity index (χ1v) is 6.33. The predicted octanol–water partition coefficient (Wildman–Crippen LogP) is 3.54. The van der Waals surface area contributed by atoms with Crippen LogP contribution in [-0.4, -0.2) is 16.6 Å². The lowest BCUT2D eigenvalue weighted by atomic mass is 9.99. The minimum atomic E-state index is 0.544. The molecule has 0 saturated heterocycles. The van der Waals surface area contributed by atoms with Crippen LogP contribution in [0, 0.1) is 20.8 Å². The fourth-order valence-electron chi connectivity index (χ4n) is 2.22. The van der Waals surface area contributed by atoms with E-state index in [-0.39, 0.29) is 0 Å². The molecule has 0 amide bonds. The summed E-state index contributed by atoms with van der Waals surface area (Å²) >= 11 is 0. The van der Waals surface area contributed by atoms with Crippen molar-refractivity contribution in [1.82, 2.24) is 9.97 Å². The smallest absolute Gasteiger partial charge is 0.133 e. The van der Waals surface area contributed by atoms with Crippen LogP contribution in [0.15, 0.2) is 18.2 Å². The summed E-state index contributed by atoms with van der Waals surface area (Å²) in [4.78, 5) is 7.95. The third-order valence-corrected chi connectivity index (χ3v) is 3.09. The van der Waals surface area contributed by atoms with Crippen LogP contribution in [0.2, 0.25) is 0 Å². The van der Waals surface area contributed by atoms with Gasteiger partial charge in [-0.25, -0.2) is 4.98 Å². The van der Waals surface area contributed by atoms with Crippen LogP contribution in [0.4, 0.5) is 0 Å². The second kappa shape index (κ2) is 5.36. The molecule has 1 aromatic carbocycles. The summed E-state index contributed by atoms with van der Waals surface area (Å²) in [7, 11) is 0. The van der Waals surface area contributed by atoms with Gasteiger partial charge >= 0.3 is 0 Å². The monoisotopic (exact) mass is 244 g/mol. The maximum atomic E-state index is 5.39. The van der Waals surface area contributed by atoms with E-state index in [4.69, 9.17) is 4.74 Å². The molecule has 0 aliphatic heterocycles. The fourth-order valence-corrected chi connectivity index (χ4v) is 2.22. The Labute approximate surface area is 108 Å². The molecule has 0 saturated carbocycles. The van der Waals surface area contributed by atoms with Gasteiger partial charge in [0.15, 0.2) is 0 Å². The van der Waals surface area contributed by atoms with Crippen LogP contribution in [0.5, 0.6) is 0 Å². The van der Waals surface area contributed by atoms with E-state index in [0.717, 1.165) is 17.2 Å². The molecule has 3 heteroatoms. The number of hydrogen-bond donors (Lipinski definition) is 1. The number of aryl methyl sites for hydroxylation is 3. The largest absolute Gasteiger partial charge is 0.374 e. The SMILES string of the molecule is CCOCc1nc(-c2c(C)cccc2C)c(C)[nH]1. The maximum absolute atomic E-state index is 5.39. The standard InChI is InChI=1S/C15H20N2O/c1-5-18-9-13-16-12(4)15(17-13)14-10(2)7-6-8-11(14)3/h6-8H,5,9H2,1-4H3,(H,16,17). The average molecular weight is 244 g/mol. The van der Waals surface area contributed by atoms with Crippen LogP contribution in [-0.2, 0) is 11.3 Å². The second-order valence-corrected chi connectivity index (χ2v) is 4.56. The molecule has 0 spiro atoms. The van der Waals surface area contributed by atoms with Gasteiger partial charge in [0.2, 0.25) is 0 Å². The van der Waals surface area contributed by atoms with E-state index >= 15 is 0 Å². The highest BCUT2D eigenvalue weighted by Crippen LogP contribution is 2.28. The van der Waals surface area contributed by atoms with Crippen molar-refractivity contribution in [2.24, 2.45) is 0 Å². The quantitative estimate of drug-likeness (QED) is 0.893. The van der Waals surface area contributed by atoms with Gasteiger partial charge in [-0.3, -0.25) is 0 Å². The van der Waals surface area contributed by atoms with E-state index in [9.17, 15) is 0 Å². The Balaban J connectivity index is 2.41. The van der Waals surface area contributed by atoms with Gasteiger partial charge in [-0.05, 0) is 38.8 Å². The Morgan fingerprint density at radius 2 is 1.83 bits per heavy atom. The van der Waals surface area contributed by atoms with Gasteiger partial charge in [0, 0.05) is 17.9 Å². The second-order valence-electron chi connectivity index (χ2n) is 4.56. The van der Waals surface area contributed by atoms with Gasteiger partial charge in [-0.15, -0.1) is 0 Å². The summed E-state index contributed by atoms with van der Waals surface area (Å²) in [5, 5.41) is 0. The summed E-state index contributed by atoms with van der Waals surface area (Å²) in [6.45, 7) is 9.55. The molecule has 2 aromatic rings. The van der Waals surface area contributed by atoms with Gasteiger partial charge in [0.1, 0.15) is 12.4 Å². The molecular weight excluding hydrogens is 224 g/mol. The summed E-state index contributed by atoms with van der Waals surface area (Å²) in [5.74, 6) is 0.895. The van der Waals surface area contributed by atoms with Crippen molar-refractivity contribution < 1.29 is 4.74 Å². The van der Waals surface area contributed by atoms with Crippen LogP contribution in [0.25, 0.3) is 11.3 Å². The number of rotatable bonds is 4. The van der Waals surface area contributed by atoms with Crippen LogP contribution in [0.1, 0.15) is 29.6 Å². The summed E-state index contributed by atoms with van der Waals surface area (Å²) < 4.78 is 5.39. The molecule has 1 heterocycles. The van der Waals surface area contributed by atoms with Gasteiger partial charge in [0.05, 0.1) is 5.69 Å². The molecule has 0 aliphatic carbocycles. The lowest BCUT2D eigenvalue weighted by Gasteiger charge is -2.07. The Kier molecular flexibility index (Phi) is 3.82. The van der Waals surface area contributed by atoms with E-state index in [1.54, 1.807) is 0 Å². The number of aromatic nitrogens is 2. The van der Waals surface area contributed by atoms with E-state index in [1.165, 1.54) is 16.7 Å². The number of imidazole rings is 1. The van der Waals surface area contributed by atoms with Gasteiger partial charge in [-0.2, -0.15) is 0 Å². The number of nitrogens with zero attached hydrogens (tertiary/aromatic N) is 1. The van der Waals surface area contributed by atoms with Crippen molar-refractivity contribution in [3.63, 3.8) is 0 Å². The zero-order chi connectivity index (χ0) is 13.1. The molecule has 0 aliphatic rings. The summed E-state index contributed by atoms with van der Waals surface area (Å²) in [6, 6.07) is 6.33. The summed E-state index contributed by atoms with van der Waals surface area (Å²) in [5.41, 5.74) is 5.89. The average Bonchev–Trinajstić information content (AvgIpc) is 2.68. The zero-order valence-electron chi connectivity index (χ0n) is 11.5. The maximum Gasteiger partial charge on any atom is 0.133 e. The van der Waals surface area contributed by atoms with Gasteiger partial charge in [-0.1, -0.05) is 18.2 Å². The first-order chi connectivity index (χ1) is 8.63. The molecule has 0 atom stereocenters. The minimum absolute atomic E-state index is 0.544. The fraction of sp³-hybridized carbons (Fsp3) is 0.400. The molecule has 3 nitrogen and oxygen atoms in total. The Bertz CT molecular complexity index is 523. The lowest BCUT2D eigenvalue weighted by Crippen LogP contribution is -1.94. The molecule has 0 radical (unpaired) electrons. The van der Waals surface area contributed by atoms with Crippen molar-refractivity contribution >= 4 is 0 Å². The highest BCUT2D eigenvalue weighted by Gasteiger charge is 2.13. The van der Waals surface area contributed by atoms with Crippen molar-refractivity contribution in [3.8, 4) is 11.3 Å². The third kappa shape index (κ3) is 2.46. The number of nitrogens with one attached hydrogen (secondary N) is 1. The molecule has 0 unspecified atom stereocenters. The number of ether oxygens (including phenoxy) is 1. The van der Waals surface area contributed by atoms with Crippen molar-refractivity contribution in [2.75, 3.05) is 6.61 Å². The summed E-state index contributed by atoms with van der Waals surface area (Å²) in [6.07, 6.45) is 0. The number of hydrogen-bond acceptors (Lipinski definition) is 2. The molecule has 0 bridgehead atoms. The van der Waals surface area contributed by atoms with E-state index in [2.05, 4.69) is 48.9 Å². The Morgan fingerprint density at radius 1 is 1.17 bits per heavy atom. The molecule has 96 valence electrons. The molecule has 0 fully saturated rings. The van der Waals surface area contributed by atoms with E-state index in [1.807, 2.05) is 6.92 Å². The topological polar surface area (TPSA) is 37.9 Å². The number of aromatic amines is 1. The lowest BCUT2D eigenvalue weighted by molar-refractivity contribution is 0.129. The van der Waals surface area contributed by atoms with Gasteiger partial charge in [0.25, 0.3) is 0 Å². The Hall–Kier alpha value is -1.61. The number of benzene rings is 1. The predicted molar refractivity (Wildman–Crippen MR) is 73.6 cm³/mol. The van der Waals surface area contributed by atoms with E-state index < -0.39 is 0 Å². The molecule has 1 N–H and O–H groups in total. The van der Waals surface area contributed by atoms with E-state index in [0.29, 0.717) is 13.2 Å². The third-order valence-electron chi connectivity index (χ3n) is 3.09. The zero-order valence-corrected chi connectivity index (χ0v) is 11.5. The minimum Gasteiger partial charge on any atom is -0.374 e. The van der Waals surface area contributed by atoms with Gasteiger partial charge < -0.3 is 9.72 Å². The first kappa shape index (κ1) is 12.8. The number of H-pyrrole nitrogens is 1. The van der Waals surface area contributed by atoms with Crippen molar-refractivity contribution in [3.05, 3.63) is 40.8 Å². The van der Waals surface area contributed by atoms with Crippen LogP contribution >= 0.6 is 0 Å².